The fourth-order valence-electron chi connectivity index (χ4n) is 1.36. The number of amides is 1. The number of anilines is 1. The number of nitrogens with one attached hydrogen (secondary N) is 1. The Labute approximate surface area is 105 Å². The average Bonchev–Trinajstić information content (AvgIpc) is 2.23. The molecule has 0 unspecified atom stereocenters. The van der Waals surface area contributed by atoms with Crippen LogP contribution in [0.25, 0.3) is 0 Å². The Kier molecular flexibility index (Phi) is 5.49. The highest BCUT2D eigenvalue weighted by Crippen LogP contribution is 2.23. The molecule has 0 aliphatic carbocycles. The maximum absolute atomic E-state index is 11.6. The summed E-state index contributed by atoms with van der Waals surface area (Å²) in [5.41, 5.74) is 7.35. The molecule has 0 radical (unpaired) electrons. The molecule has 4 heteroatoms. The van der Waals surface area contributed by atoms with Crippen LogP contribution in [-0.2, 0) is 4.79 Å². The SMILES string of the molecule is Cc1ccc(NC(=O)CCCCN)c(Br)c1. The number of hydrogen-bond donors (Lipinski definition) is 2. The van der Waals surface area contributed by atoms with Gasteiger partial charge in [0.25, 0.3) is 0 Å². The topological polar surface area (TPSA) is 55.1 Å². The monoisotopic (exact) mass is 284 g/mol. The van der Waals surface area contributed by atoms with Crippen LogP contribution >= 0.6 is 15.9 Å². The first-order valence-corrected chi connectivity index (χ1v) is 6.19. The maximum Gasteiger partial charge on any atom is 0.224 e. The Balaban J connectivity index is 2.49. The number of hydrogen-bond acceptors (Lipinski definition) is 2. The molecule has 0 aliphatic heterocycles. The lowest BCUT2D eigenvalue weighted by atomic mass is 10.2. The first kappa shape index (κ1) is 13.2. The first-order chi connectivity index (χ1) is 7.63. The number of nitrogens with two attached hydrogens (primary N) is 1. The summed E-state index contributed by atoms with van der Waals surface area (Å²) in [6.45, 7) is 2.65. The van der Waals surface area contributed by atoms with E-state index in [1.807, 2.05) is 25.1 Å². The van der Waals surface area contributed by atoms with Crippen LogP contribution in [-0.4, -0.2) is 12.5 Å². The summed E-state index contributed by atoms with van der Waals surface area (Å²) in [4.78, 5) is 11.6. The normalized spacial score (nSPS) is 10.2. The molecule has 1 aromatic carbocycles. The fourth-order valence-corrected chi connectivity index (χ4v) is 1.96. The predicted octanol–water partition coefficient (Wildman–Crippen LogP) is 2.83. The molecule has 0 aliphatic rings. The van der Waals surface area contributed by atoms with Gasteiger partial charge >= 0.3 is 0 Å². The van der Waals surface area contributed by atoms with E-state index in [-0.39, 0.29) is 5.91 Å². The summed E-state index contributed by atoms with van der Waals surface area (Å²) in [5, 5.41) is 2.87. The summed E-state index contributed by atoms with van der Waals surface area (Å²) in [5.74, 6) is 0.0398. The third-order valence-electron chi connectivity index (χ3n) is 2.26. The molecule has 0 aromatic heterocycles. The molecular weight excluding hydrogens is 268 g/mol. The van der Waals surface area contributed by atoms with Crippen LogP contribution in [0.5, 0.6) is 0 Å². The van der Waals surface area contributed by atoms with E-state index in [2.05, 4.69) is 21.2 Å². The predicted molar refractivity (Wildman–Crippen MR) is 70.4 cm³/mol. The number of unbranched alkanes of at least 4 members (excludes halogenated alkanes) is 1. The Bertz CT molecular complexity index is 366. The van der Waals surface area contributed by atoms with E-state index < -0.39 is 0 Å². The minimum Gasteiger partial charge on any atom is -0.330 e. The number of carbonyl (C=O) groups is 1. The molecule has 0 saturated carbocycles. The Morgan fingerprint density at radius 2 is 2.19 bits per heavy atom. The molecule has 3 N–H and O–H groups in total. The van der Waals surface area contributed by atoms with Gasteiger partial charge in [0.15, 0.2) is 0 Å². The third-order valence-corrected chi connectivity index (χ3v) is 2.91. The second kappa shape index (κ2) is 6.66. The summed E-state index contributed by atoms with van der Waals surface area (Å²) < 4.78 is 0.916. The van der Waals surface area contributed by atoms with Crippen molar-refractivity contribution in [3.05, 3.63) is 28.2 Å². The summed E-state index contributed by atoms with van der Waals surface area (Å²) in [6, 6.07) is 5.86. The molecule has 3 nitrogen and oxygen atoms in total. The number of benzene rings is 1. The van der Waals surface area contributed by atoms with Crippen LogP contribution in [0.3, 0.4) is 0 Å². The molecule has 1 aromatic rings. The molecule has 0 spiro atoms. The molecule has 0 fully saturated rings. The second-order valence-corrected chi connectivity index (χ2v) is 4.63. The Hall–Kier alpha value is -0.870. The summed E-state index contributed by atoms with van der Waals surface area (Å²) in [6.07, 6.45) is 2.26. The lowest BCUT2D eigenvalue weighted by Crippen LogP contribution is -2.12. The molecule has 0 saturated heterocycles. The van der Waals surface area contributed by atoms with Gasteiger partial charge in [0.1, 0.15) is 0 Å². The van der Waals surface area contributed by atoms with E-state index in [0.29, 0.717) is 13.0 Å². The zero-order valence-electron chi connectivity index (χ0n) is 9.42. The van der Waals surface area contributed by atoms with Gasteiger partial charge in [0.05, 0.1) is 5.69 Å². The third kappa shape index (κ3) is 4.33. The number of rotatable bonds is 5. The van der Waals surface area contributed by atoms with Gasteiger partial charge in [0.2, 0.25) is 5.91 Å². The number of carbonyl (C=O) groups excluding carboxylic acids is 1. The highest BCUT2D eigenvalue weighted by atomic mass is 79.9. The van der Waals surface area contributed by atoms with Crippen LogP contribution in [0.15, 0.2) is 22.7 Å². The standard InChI is InChI=1S/C12H17BrN2O/c1-9-5-6-11(10(13)8-9)15-12(16)4-2-3-7-14/h5-6,8H,2-4,7,14H2,1H3,(H,15,16). The smallest absolute Gasteiger partial charge is 0.224 e. The second-order valence-electron chi connectivity index (χ2n) is 3.78. The maximum atomic E-state index is 11.6. The van der Waals surface area contributed by atoms with Crippen LogP contribution in [0.1, 0.15) is 24.8 Å². The zero-order chi connectivity index (χ0) is 12.0. The van der Waals surface area contributed by atoms with Gasteiger partial charge in [-0.05, 0) is 59.9 Å². The highest BCUT2D eigenvalue weighted by molar-refractivity contribution is 9.10. The van der Waals surface area contributed by atoms with Gasteiger partial charge in [0, 0.05) is 10.9 Å². The van der Waals surface area contributed by atoms with E-state index in [1.165, 1.54) is 0 Å². The molecule has 1 rings (SSSR count). The molecule has 1 amide bonds. The van der Waals surface area contributed by atoms with E-state index in [1.54, 1.807) is 0 Å². The summed E-state index contributed by atoms with van der Waals surface area (Å²) in [7, 11) is 0. The average molecular weight is 285 g/mol. The lowest BCUT2D eigenvalue weighted by molar-refractivity contribution is -0.116. The summed E-state index contributed by atoms with van der Waals surface area (Å²) >= 11 is 3.42. The lowest BCUT2D eigenvalue weighted by Gasteiger charge is -2.07. The number of halogens is 1. The van der Waals surface area contributed by atoms with E-state index in [4.69, 9.17) is 5.73 Å². The number of aryl methyl sites for hydroxylation is 1. The van der Waals surface area contributed by atoms with Crippen molar-refractivity contribution in [2.75, 3.05) is 11.9 Å². The van der Waals surface area contributed by atoms with Gasteiger partial charge < -0.3 is 11.1 Å². The van der Waals surface area contributed by atoms with Crippen molar-refractivity contribution in [3.8, 4) is 0 Å². The largest absolute Gasteiger partial charge is 0.330 e. The first-order valence-electron chi connectivity index (χ1n) is 5.39. The van der Waals surface area contributed by atoms with Crippen molar-refractivity contribution < 1.29 is 4.79 Å². The Morgan fingerprint density at radius 3 is 2.81 bits per heavy atom. The minimum atomic E-state index is 0.0398. The molecule has 0 heterocycles. The van der Waals surface area contributed by atoms with Gasteiger partial charge in [-0.25, -0.2) is 0 Å². The van der Waals surface area contributed by atoms with Gasteiger partial charge in [-0.3, -0.25) is 4.79 Å². The van der Waals surface area contributed by atoms with Gasteiger partial charge in [-0.1, -0.05) is 6.07 Å². The van der Waals surface area contributed by atoms with E-state index in [0.717, 1.165) is 28.6 Å². The minimum absolute atomic E-state index is 0.0398. The quantitative estimate of drug-likeness (QED) is 0.817. The van der Waals surface area contributed by atoms with Gasteiger partial charge in [-0.2, -0.15) is 0 Å². The van der Waals surface area contributed by atoms with Crippen LogP contribution < -0.4 is 11.1 Å². The molecule has 88 valence electrons. The van der Waals surface area contributed by atoms with Crippen molar-refractivity contribution in [2.24, 2.45) is 5.73 Å². The van der Waals surface area contributed by atoms with E-state index >= 15 is 0 Å². The Morgan fingerprint density at radius 1 is 1.44 bits per heavy atom. The van der Waals surface area contributed by atoms with Crippen molar-refractivity contribution >= 4 is 27.5 Å². The molecule has 16 heavy (non-hydrogen) atoms. The molecule has 0 atom stereocenters. The molecule has 0 bridgehead atoms. The van der Waals surface area contributed by atoms with Crippen molar-refractivity contribution in [1.29, 1.82) is 0 Å². The van der Waals surface area contributed by atoms with Crippen LogP contribution in [0, 0.1) is 6.92 Å². The van der Waals surface area contributed by atoms with Crippen LogP contribution in [0.2, 0.25) is 0 Å². The van der Waals surface area contributed by atoms with Crippen LogP contribution in [0.4, 0.5) is 5.69 Å². The van der Waals surface area contributed by atoms with Crippen molar-refractivity contribution in [1.82, 2.24) is 0 Å². The fraction of sp³-hybridized carbons (Fsp3) is 0.417. The molecular formula is C12H17BrN2O. The van der Waals surface area contributed by atoms with Crippen molar-refractivity contribution in [2.45, 2.75) is 26.2 Å². The highest BCUT2D eigenvalue weighted by Gasteiger charge is 2.04. The van der Waals surface area contributed by atoms with E-state index in [9.17, 15) is 4.79 Å². The van der Waals surface area contributed by atoms with Crippen molar-refractivity contribution in [3.63, 3.8) is 0 Å². The van der Waals surface area contributed by atoms with Gasteiger partial charge in [-0.15, -0.1) is 0 Å². The zero-order valence-corrected chi connectivity index (χ0v) is 11.0.